The molecular weight excluding hydrogens is 337 g/mol. The van der Waals surface area contributed by atoms with E-state index >= 15 is 0 Å². The van der Waals surface area contributed by atoms with Crippen molar-refractivity contribution in [1.29, 1.82) is 0 Å². The van der Waals surface area contributed by atoms with Gasteiger partial charge in [0.15, 0.2) is 0 Å². The highest BCUT2D eigenvalue weighted by molar-refractivity contribution is 7.81. The molecule has 2 N–H and O–H groups in total. The molecule has 0 spiro atoms. The Morgan fingerprint density at radius 1 is 1.13 bits per heavy atom. The quantitative estimate of drug-likeness (QED) is 0.326. The largest absolute Gasteiger partial charge is 0.481 e. The summed E-state index contributed by atoms with van der Waals surface area (Å²) >= 11 is 0. The van der Waals surface area contributed by atoms with Crippen molar-refractivity contribution in [3.8, 4) is 0 Å². The first-order valence-electron chi connectivity index (χ1n) is 7.54. The number of carbonyl (C=O) groups excluding carboxylic acids is 1. The first-order chi connectivity index (χ1) is 10.1. The minimum absolute atomic E-state index is 0. The number of carboxylic acid groups (broad SMARTS) is 1. The molecule has 0 bridgehead atoms. The number of hydrogen-bond acceptors (Lipinski definition) is 5. The Morgan fingerprint density at radius 3 is 2.00 bits per heavy atom. The molecule has 0 heterocycles. The van der Waals surface area contributed by atoms with Gasteiger partial charge in [-0.25, -0.2) is 0 Å². The van der Waals surface area contributed by atoms with E-state index in [4.69, 9.17) is 9.66 Å². The van der Waals surface area contributed by atoms with Gasteiger partial charge in [-0.3, -0.25) is 14.1 Å². The van der Waals surface area contributed by atoms with E-state index in [1.54, 1.807) is 0 Å². The second-order valence-corrected chi connectivity index (χ2v) is 6.53. The molecule has 0 aromatic heterocycles. The fraction of sp³-hybridized carbons (Fsp3) is 0.857. The number of aliphatic carboxylic acids is 1. The Hall–Kier alpha value is -0.384. The van der Waals surface area contributed by atoms with Crippen molar-refractivity contribution >= 4 is 45.4 Å². The van der Waals surface area contributed by atoms with Crippen LogP contribution in [0.25, 0.3) is 0 Å². The van der Waals surface area contributed by atoms with Crippen molar-refractivity contribution in [3.05, 3.63) is 0 Å². The molecule has 0 aliphatic heterocycles. The standard InChI is InChI=1S/C14H26O7S.Mg.2H/c1-4-7-8-9-14(5-2,6-3)11(10-12(15)16)13(17)21-22(18,19)20;;;/h11H,4-10H2,1-3H3,(H,15,16)(H,18,19,20);;;. The van der Waals surface area contributed by atoms with Gasteiger partial charge >= 0.3 is 45.4 Å². The second-order valence-electron chi connectivity index (χ2n) is 5.51. The van der Waals surface area contributed by atoms with Gasteiger partial charge in [-0.15, -0.1) is 0 Å². The van der Waals surface area contributed by atoms with Crippen molar-refractivity contribution in [2.24, 2.45) is 11.3 Å². The molecule has 0 radical (unpaired) electrons. The third-order valence-electron chi connectivity index (χ3n) is 4.28. The van der Waals surface area contributed by atoms with E-state index in [-0.39, 0.29) is 23.1 Å². The fourth-order valence-electron chi connectivity index (χ4n) is 2.88. The summed E-state index contributed by atoms with van der Waals surface area (Å²) in [6.07, 6.45) is 3.84. The second kappa shape index (κ2) is 11.2. The molecule has 1 atom stereocenters. The van der Waals surface area contributed by atoms with Crippen LogP contribution in [0, 0.1) is 11.3 Å². The topological polar surface area (TPSA) is 118 Å². The van der Waals surface area contributed by atoms with Crippen LogP contribution in [0.1, 0.15) is 65.7 Å². The maximum atomic E-state index is 12.1. The maximum absolute atomic E-state index is 12.1. The van der Waals surface area contributed by atoms with Crippen molar-refractivity contribution in [1.82, 2.24) is 0 Å². The van der Waals surface area contributed by atoms with Crippen LogP contribution in [-0.2, 0) is 24.2 Å². The molecule has 0 amide bonds. The molecule has 0 aliphatic rings. The van der Waals surface area contributed by atoms with Gasteiger partial charge in [-0.05, 0) is 24.7 Å². The zero-order chi connectivity index (χ0) is 17.4. The summed E-state index contributed by atoms with van der Waals surface area (Å²) in [5.41, 5.74) is -0.657. The molecular formula is C14H28MgO7S. The van der Waals surface area contributed by atoms with E-state index in [1.807, 2.05) is 20.8 Å². The summed E-state index contributed by atoms with van der Waals surface area (Å²) in [7, 11) is -4.95. The number of carbonyl (C=O) groups is 2. The van der Waals surface area contributed by atoms with E-state index in [9.17, 15) is 18.0 Å². The maximum Gasteiger partial charge on any atom is 0.448 e. The molecule has 23 heavy (non-hydrogen) atoms. The molecule has 0 fully saturated rings. The summed E-state index contributed by atoms with van der Waals surface area (Å²) in [5, 5.41) is 9.04. The van der Waals surface area contributed by atoms with Gasteiger partial charge in [0, 0.05) is 0 Å². The van der Waals surface area contributed by atoms with Crippen LogP contribution in [0.4, 0.5) is 0 Å². The van der Waals surface area contributed by atoms with Gasteiger partial charge in [0.05, 0.1) is 12.3 Å². The van der Waals surface area contributed by atoms with Gasteiger partial charge < -0.3 is 9.29 Å². The lowest BCUT2D eigenvalue weighted by molar-refractivity contribution is -0.152. The van der Waals surface area contributed by atoms with Crippen LogP contribution in [0.15, 0.2) is 0 Å². The zero-order valence-corrected chi connectivity index (χ0v) is 14.2. The van der Waals surface area contributed by atoms with Crippen molar-refractivity contribution in [2.75, 3.05) is 0 Å². The lowest BCUT2D eigenvalue weighted by atomic mass is 9.67. The molecule has 7 nitrogen and oxygen atoms in total. The number of carboxylic acids is 1. The minimum atomic E-state index is -4.95. The van der Waals surface area contributed by atoms with Crippen molar-refractivity contribution in [3.63, 3.8) is 0 Å². The minimum Gasteiger partial charge on any atom is -0.481 e. The van der Waals surface area contributed by atoms with Crippen LogP contribution in [0.2, 0.25) is 0 Å². The highest BCUT2D eigenvalue weighted by atomic mass is 32.3. The highest BCUT2D eigenvalue weighted by Gasteiger charge is 2.43. The third kappa shape index (κ3) is 8.87. The van der Waals surface area contributed by atoms with Crippen molar-refractivity contribution < 1.29 is 31.8 Å². The first-order valence-corrected chi connectivity index (χ1v) is 8.90. The van der Waals surface area contributed by atoms with Crippen LogP contribution in [0.5, 0.6) is 0 Å². The van der Waals surface area contributed by atoms with Gasteiger partial charge in [-0.2, -0.15) is 8.42 Å². The molecule has 0 saturated carbocycles. The Labute approximate surface area is 154 Å². The smallest absolute Gasteiger partial charge is 0.448 e. The van der Waals surface area contributed by atoms with Crippen molar-refractivity contribution in [2.45, 2.75) is 65.7 Å². The van der Waals surface area contributed by atoms with Crippen LogP contribution < -0.4 is 0 Å². The average molecular weight is 365 g/mol. The van der Waals surface area contributed by atoms with E-state index in [0.717, 1.165) is 19.3 Å². The van der Waals surface area contributed by atoms with E-state index in [2.05, 4.69) is 4.18 Å². The average Bonchev–Trinajstić information content (AvgIpc) is 2.40. The van der Waals surface area contributed by atoms with E-state index < -0.39 is 40.1 Å². The molecule has 134 valence electrons. The molecule has 0 rings (SSSR count). The van der Waals surface area contributed by atoms with Crippen LogP contribution in [-0.4, -0.2) is 53.1 Å². The normalized spacial score (nSPS) is 13.0. The summed E-state index contributed by atoms with van der Waals surface area (Å²) < 4.78 is 34.2. The summed E-state index contributed by atoms with van der Waals surface area (Å²) in [6.45, 7) is 5.71. The monoisotopic (exact) mass is 364 g/mol. The van der Waals surface area contributed by atoms with E-state index in [0.29, 0.717) is 19.3 Å². The van der Waals surface area contributed by atoms with Gasteiger partial charge in [0.2, 0.25) is 0 Å². The Morgan fingerprint density at radius 2 is 1.65 bits per heavy atom. The molecule has 0 aromatic carbocycles. The predicted molar refractivity (Wildman–Crippen MR) is 89.1 cm³/mol. The third-order valence-corrected chi connectivity index (χ3v) is 4.65. The molecule has 9 heteroatoms. The number of unbranched alkanes of at least 4 members (excludes halogenated alkanes) is 2. The molecule has 0 aliphatic carbocycles. The SMILES string of the molecule is CCCCCC(CC)(CC)C(CC(=O)O)C(=O)OS(=O)(=O)O.[MgH2]. The Bertz CT molecular complexity index is 472. The van der Waals surface area contributed by atoms with Crippen LogP contribution in [0.3, 0.4) is 0 Å². The number of hydrogen-bond donors (Lipinski definition) is 2. The van der Waals surface area contributed by atoms with Crippen LogP contribution >= 0.6 is 0 Å². The highest BCUT2D eigenvalue weighted by Crippen LogP contribution is 2.43. The van der Waals surface area contributed by atoms with Gasteiger partial charge in [0.25, 0.3) is 0 Å². The summed E-state index contributed by atoms with van der Waals surface area (Å²) in [5.74, 6) is -3.53. The molecule has 0 saturated heterocycles. The van der Waals surface area contributed by atoms with E-state index in [1.165, 1.54) is 0 Å². The lowest BCUT2D eigenvalue weighted by Crippen LogP contribution is -2.38. The number of rotatable bonds is 11. The van der Waals surface area contributed by atoms with Gasteiger partial charge in [0.1, 0.15) is 0 Å². The summed E-state index contributed by atoms with van der Waals surface area (Å²) in [6, 6.07) is 0. The first kappa shape index (κ1) is 24.9. The predicted octanol–water partition coefficient (Wildman–Crippen LogP) is 1.89. The molecule has 1 unspecified atom stereocenters. The summed E-state index contributed by atoms with van der Waals surface area (Å²) in [4.78, 5) is 23.1. The Kier molecular flexibility index (Phi) is 12.1. The molecule has 0 aromatic rings. The zero-order valence-electron chi connectivity index (χ0n) is 13.4. The Balaban J connectivity index is 0. The van der Waals surface area contributed by atoms with Gasteiger partial charge in [-0.1, -0.05) is 40.0 Å². The lowest BCUT2D eigenvalue weighted by Gasteiger charge is -2.37. The fourth-order valence-corrected chi connectivity index (χ4v) is 3.21.